The van der Waals surface area contributed by atoms with Crippen molar-refractivity contribution in [1.82, 2.24) is 14.9 Å². The Bertz CT molecular complexity index is 582. The Hall–Kier alpha value is -1.88. The highest BCUT2D eigenvalue weighted by atomic mass is 16.4. The second kappa shape index (κ2) is 7.40. The second-order valence-electron chi connectivity index (χ2n) is 6.19. The van der Waals surface area contributed by atoms with Gasteiger partial charge in [-0.05, 0) is 33.6 Å². The highest BCUT2D eigenvalue weighted by Crippen LogP contribution is 2.21. The van der Waals surface area contributed by atoms with Crippen molar-refractivity contribution < 1.29 is 9.90 Å². The number of carboxylic acid groups (broad SMARTS) is 1. The van der Waals surface area contributed by atoms with Gasteiger partial charge in [0.25, 0.3) is 0 Å². The fourth-order valence-electron chi connectivity index (χ4n) is 2.69. The standard InChI is InChI=1S/C17H25N3O2/c1-12(2)5-4-6-13(3)7-8-20-10-15-14(18-11-19-15)9-16(20)17(21)22/h5,7,11,16H,4,6,8-10H2,1-3H3,(H,18,19)(H,21,22)/b13-7+. The zero-order chi connectivity index (χ0) is 16.1. The van der Waals surface area contributed by atoms with Crippen LogP contribution in [0.5, 0.6) is 0 Å². The van der Waals surface area contributed by atoms with Crippen LogP contribution in [0.15, 0.2) is 29.6 Å². The number of aliphatic carboxylic acids is 1. The zero-order valence-electron chi connectivity index (χ0n) is 13.6. The predicted molar refractivity (Wildman–Crippen MR) is 86.5 cm³/mol. The molecule has 2 N–H and O–H groups in total. The van der Waals surface area contributed by atoms with Crippen molar-refractivity contribution in [2.75, 3.05) is 6.54 Å². The average molecular weight is 303 g/mol. The van der Waals surface area contributed by atoms with E-state index in [0.29, 0.717) is 19.5 Å². The Morgan fingerprint density at radius 1 is 1.45 bits per heavy atom. The van der Waals surface area contributed by atoms with Crippen LogP contribution >= 0.6 is 0 Å². The number of fused-ring (bicyclic) bond motifs is 1. The van der Waals surface area contributed by atoms with Crippen LogP contribution in [0.25, 0.3) is 0 Å². The Labute approximate surface area is 131 Å². The Morgan fingerprint density at radius 2 is 2.23 bits per heavy atom. The summed E-state index contributed by atoms with van der Waals surface area (Å²) >= 11 is 0. The first-order valence-corrected chi connectivity index (χ1v) is 7.74. The zero-order valence-corrected chi connectivity index (χ0v) is 13.6. The summed E-state index contributed by atoms with van der Waals surface area (Å²) in [5, 5.41) is 9.43. The molecule has 5 nitrogen and oxygen atoms in total. The first kappa shape index (κ1) is 16.5. The normalized spacial score (nSPS) is 18.9. The number of allylic oxidation sites excluding steroid dienone is 3. The summed E-state index contributed by atoms with van der Waals surface area (Å²) in [5.74, 6) is -0.774. The summed E-state index contributed by atoms with van der Waals surface area (Å²) < 4.78 is 0. The van der Waals surface area contributed by atoms with Gasteiger partial charge in [-0.2, -0.15) is 0 Å². The van der Waals surface area contributed by atoms with Gasteiger partial charge in [0, 0.05) is 19.5 Å². The van der Waals surface area contributed by atoms with Crippen LogP contribution in [0.1, 0.15) is 45.0 Å². The number of aromatic amines is 1. The molecule has 0 saturated carbocycles. The van der Waals surface area contributed by atoms with Gasteiger partial charge in [0.2, 0.25) is 0 Å². The number of carboxylic acids is 1. The number of hydrogen-bond donors (Lipinski definition) is 2. The van der Waals surface area contributed by atoms with Crippen LogP contribution in [0.4, 0.5) is 0 Å². The van der Waals surface area contributed by atoms with Gasteiger partial charge < -0.3 is 10.1 Å². The van der Waals surface area contributed by atoms with Crippen LogP contribution in [-0.2, 0) is 17.8 Å². The summed E-state index contributed by atoms with van der Waals surface area (Å²) in [6, 6.07) is -0.488. The third-order valence-corrected chi connectivity index (χ3v) is 4.05. The molecule has 1 aromatic heterocycles. The van der Waals surface area contributed by atoms with E-state index in [1.165, 1.54) is 11.1 Å². The van der Waals surface area contributed by atoms with Gasteiger partial charge in [0.15, 0.2) is 0 Å². The molecule has 1 aromatic rings. The molecule has 0 amide bonds. The maximum atomic E-state index is 11.5. The number of nitrogens with one attached hydrogen (secondary N) is 1. The quantitative estimate of drug-likeness (QED) is 0.793. The Kier molecular flexibility index (Phi) is 5.55. The van der Waals surface area contributed by atoms with Crippen LogP contribution in [0.2, 0.25) is 0 Å². The highest BCUT2D eigenvalue weighted by Gasteiger charge is 2.32. The maximum Gasteiger partial charge on any atom is 0.321 e. The SMILES string of the molecule is CC(C)=CCC/C(C)=C/CN1Cc2[nH]cnc2CC1C(=O)O. The molecule has 1 unspecified atom stereocenters. The van der Waals surface area contributed by atoms with E-state index in [9.17, 15) is 9.90 Å². The van der Waals surface area contributed by atoms with E-state index in [4.69, 9.17) is 0 Å². The molecule has 2 rings (SSSR count). The lowest BCUT2D eigenvalue weighted by Crippen LogP contribution is -2.45. The molecule has 1 aliphatic heterocycles. The largest absolute Gasteiger partial charge is 0.480 e. The summed E-state index contributed by atoms with van der Waals surface area (Å²) in [6.07, 6.45) is 8.56. The molecule has 0 radical (unpaired) electrons. The molecule has 1 aliphatic rings. The lowest BCUT2D eigenvalue weighted by atomic mass is 10.0. The third-order valence-electron chi connectivity index (χ3n) is 4.05. The first-order valence-electron chi connectivity index (χ1n) is 7.74. The number of carbonyl (C=O) groups is 1. The van der Waals surface area contributed by atoms with Gasteiger partial charge >= 0.3 is 5.97 Å². The molecule has 1 atom stereocenters. The summed E-state index contributed by atoms with van der Waals surface area (Å²) in [7, 11) is 0. The second-order valence-corrected chi connectivity index (χ2v) is 6.19. The minimum atomic E-state index is -0.774. The van der Waals surface area contributed by atoms with Gasteiger partial charge in [-0.1, -0.05) is 23.3 Å². The molecule has 0 fully saturated rings. The summed E-state index contributed by atoms with van der Waals surface area (Å²) in [6.45, 7) is 7.60. The number of nitrogens with zero attached hydrogens (tertiary/aromatic N) is 2. The number of rotatable bonds is 6. The topological polar surface area (TPSA) is 69.2 Å². The number of imidazole rings is 1. The van der Waals surface area contributed by atoms with Gasteiger partial charge in [-0.3, -0.25) is 9.69 Å². The number of hydrogen-bond acceptors (Lipinski definition) is 3. The first-order chi connectivity index (χ1) is 10.5. The van der Waals surface area contributed by atoms with E-state index in [0.717, 1.165) is 24.2 Å². The third kappa shape index (κ3) is 4.31. The van der Waals surface area contributed by atoms with Crippen molar-refractivity contribution in [2.45, 2.75) is 52.6 Å². The summed E-state index contributed by atoms with van der Waals surface area (Å²) in [5.41, 5.74) is 4.56. The highest BCUT2D eigenvalue weighted by molar-refractivity contribution is 5.74. The molecule has 2 heterocycles. The molecule has 120 valence electrons. The predicted octanol–water partition coefficient (Wildman–Crippen LogP) is 2.91. The molecule has 0 saturated heterocycles. The van der Waals surface area contributed by atoms with E-state index in [1.807, 2.05) is 4.90 Å². The van der Waals surface area contributed by atoms with Crippen LogP contribution in [-0.4, -0.2) is 38.5 Å². The van der Waals surface area contributed by atoms with Gasteiger partial charge in [-0.15, -0.1) is 0 Å². The molecule has 5 heteroatoms. The minimum Gasteiger partial charge on any atom is -0.480 e. The van der Waals surface area contributed by atoms with E-state index in [2.05, 4.69) is 42.9 Å². The van der Waals surface area contributed by atoms with Crippen molar-refractivity contribution in [2.24, 2.45) is 0 Å². The van der Waals surface area contributed by atoms with E-state index < -0.39 is 12.0 Å². The van der Waals surface area contributed by atoms with Crippen molar-refractivity contribution in [3.63, 3.8) is 0 Å². The monoisotopic (exact) mass is 303 g/mol. The van der Waals surface area contributed by atoms with E-state index in [-0.39, 0.29) is 0 Å². The molecule has 0 aromatic carbocycles. The van der Waals surface area contributed by atoms with Crippen LogP contribution in [0, 0.1) is 0 Å². The van der Waals surface area contributed by atoms with Crippen molar-refractivity contribution in [3.8, 4) is 0 Å². The maximum absolute atomic E-state index is 11.5. The fourth-order valence-corrected chi connectivity index (χ4v) is 2.69. The average Bonchev–Trinajstić information content (AvgIpc) is 2.90. The van der Waals surface area contributed by atoms with Crippen LogP contribution in [0.3, 0.4) is 0 Å². The molecule has 22 heavy (non-hydrogen) atoms. The minimum absolute atomic E-state index is 0.471. The van der Waals surface area contributed by atoms with Gasteiger partial charge in [-0.25, -0.2) is 4.98 Å². The fraction of sp³-hybridized carbons (Fsp3) is 0.529. The number of aromatic nitrogens is 2. The van der Waals surface area contributed by atoms with Crippen LogP contribution < -0.4 is 0 Å². The number of H-pyrrole nitrogens is 1. The van der Waals surface area contributed by atoms with Crippen molar-refractivity contribution >= 4 is 5.97 Å². The molecule has 0 bridgehead atoms. The van der Waals surface area contributed by atoms with Crippen molar-refractivity contribution in [3.05, 3.63) is 41.0 Å². The van der Waals surface area contributed by atoms with E-state index >= 15 is 0 Å². The van der Waals surface area contributed by atoms with Crippen molar-refractivity contribution in [1.29, 1.82) is 0 Å². The Morgan fingerprint density at radius 3 is 2.91 bits per heavy atom. The molecular formula is C17H25N3O2. The lowest BCUT2D eigenvalue weighted by molar-refractivity contribution is -0.143. The molecule has 0 aliphatic carbocycles. The molecular weight excluding hydrogens is 278 g/mol. The van der Waals surface area contributed by atoms with E-state index in [1.54, 1.807) is 6.33 Å². The Balaban J connectivity index is 1.98. The molecule has 0 spiro atoms. The van der Waals surface area contributed by atoms with Gasteiger partial charge in [0.1, 0.15) is 6.04 Å². The smallest absolute Gasteiger partial charge is 0.321 e. The summed E-state index contributed by atoms with van der Waals surface area (Å²) in [4.78, 5) is 20.8. The van der Waals surface area contributed by atoms with Gasteiger partial charge in [0.05, 0.1) is 17.7 Å². The lowest BCUT2D eigenvalue weighted by Gasteiger charge is -2.31.